The maximum Gasteiger partial charge on any atom is 0.268 e. The van der Waals surface area contributed by atoms with Crippen molar-refractivity contribution in [2.24, 2.45) is 0 Å². The van der Waals surface area contributed by atoms with Crippen molar-refractivity contribution >= 4 is 45.7 Å². The van der Waals surface area contributed by atoms with Crippen LogP contribution < -0.4 is 10.6 Å². The SMILES string of the molecule is CC(O)(Cn1c(NC(=O)c2ccc(-c3cnco3)s2)nc2cc(NCC(=O)c3ccccc3)ccc21)c1ccccc1. The molecule has 0 bridgehead atoms. The van der Waals surface area contributed by atoms with E-state index in [1.165, 1.54) is 17.7 Å². The number of aromatic nitrogens is 3. The number of Topliss-reactive ketones (excluding diaryl/α,β-unsaturated/α-hetero) is 1. The van der Waals surface area contributed by atoms with Gasteiger partial charge in [-0.05, 0) is 42.8 Å². The summed E-state index contributed by atoms with van der Waals surface area (Å²) < 4.78 is 7.15. The van der Waals surface area contributed by atoms with Gasteiger partial charge in [0.05, 0.1) is 40.1 Å². The lowest BCUT2D eigenvalue weighted by atomic mass is 9.96. The summed E-state index contributed by atoms with van der Waals surface area (Å²) in [4.78, 5) is 35.8. The van der Waals surface area contributed by atoms with Crippen LogP contribution in [0.4, 0.5) is 11.6 Å². The molecule has 0 aliphatic rings. The molecule has 3 aromatic heterocycles. The first-order valence-electron chi connectivity index (χ1n) is 13.3. The Labute approximate surface area is 245 Å². The van der Waals surface area contributed by atoms with Gasteiger partial charge in [-0.1, -0.05) is 60.7 Å². The van der Waals surface area contributed by atoms with E-state index in [1.54, 1.807) is 42.0 Å². The third-order valence-corrected chi connectivity index (χ3v) is 7.99. The average Bonchev–Trinajstić information content (AvgIpc) is 3.78. The van der Waals surface area contributed by atoms with Gasteiger partial charge >= 0.3 is 0 Å². The molecule has 0 aliphatic heterocycles. The summed E-state index contributed by atoms with van der Waals surface area (Å²) in [5, 5.41) is 17.6. The van der Waals surface area contributed by atoms with E-state index in [0.717, 1.165) is 16.0 Å². The van der Waals surface area contributed by atoms with Crippen LogP contribution in [0.5, 0.6) is 0 Å². The van der Waals surface area contributed by atoms with E-state index in [9.17, 15) is 14.7 Å². The zero-order valence-electron chi connectivity index (χ0n) is 22.7. The normalized spacial score (nSPS) is 12.6. The maximum atomic E-state index is 13.3. The van der Waals surface area contributed by atoms with Crippen LogP contribution in [0.25, 0.3) is 21.7 Å². The molecule has 1 unspecified atom stereocenters. The molecule has 1 amide bonds. The van der Waals surface area contributed by atoms with Crippen molar-refractivity contribution in [1.29, 1.82) is 0 Å². The molecule has 0 aliphatic carbocycles. The van der Waals surface area contributed by atoms with Gasteiger partial charge in [0.1, 0.15) is 5.60 Å². The smallest absolute Gasteiger partial charge is 0.268 e. The monoisotopic (exact) mass is 577 g/mol. The number of aliphatic hydroxyl groups is 1. The van der Waals surface area contributed by atoms with Crippen molar-refractivity contribution < 1.29 is 19.1 Å². The Hall–Kier alpha value is -5.06. The van der Waals surface area contributed by atoms with Crippen molar-refractivity contribution in [2.75, 3.05) is 17.2 Å². The van der Waals surface area contributed by atoms with E-state index in [-0.39, 0.29) is 24.8 Å². The van der Waals surface area contributed by atoms with Crippen molar-refractivity contribution in [3.8, 4) is 10.6 Å². The van der Waals surface area contributed by atoms with Gasteiger partial charge in [0, 0.05) is 11.3 Å². The molecule has 210 valence electrons. The number of oxazole rings is 1. The molecule has 9 nitrogen and oxygen atoms in total. The Kier molecular flexibility index (Phi) is 7.39. The number of anilines is 2. The number of benzene rings is 3. The van der Waals surface area contributed by atoms with Gasteiger partial charge in [-0.25, -0.2) is 9.97 Å². The number of imidazole rings is 1. The predicted octanol–water partition coefficient (Wildman–Crippen LogP) is 6.21. The summed E-state index contributed by atoms with van der Waals surface area (Å²) in [6.45, 7) is 1.98. The van der Waals surface area contributed by atoms with Gasteiger partial charge < -0.3 is 19.4 Å². The van der Waals surface area contributed by atoms with Crippen LogP contribution in [0.3, 0.4) is 0 Å². The topological polar surface area (TPSA) is 122 Å². The lowest BCUT2D eigenvalue weighted by Gasteiger charge is -2.25. The van der Waals surface area contributed by atoms with E-state index in [2.05, 4.69) is 15.6 Å². The standard InChI is InChI=1S/C32H27N5O4S/c1-32(40,22-10-6-3-7-11-22)19-37-25-13-12-23(34-17-26(38)21-8-4-2-5-9-21)16-24(25)35-31(37)36-30(39)29-15-14-28(42-29)27-18-33-20-41-27/h2-16,18,20,34,40H,17,19H2,1H3,(H,35,36,39). The molecule has 0 fully saturated rings. The summed E-state index contributed by atoms with van der Waals surface area (Å²) in [5.74, 6) is 0.497. The molecule has 0 saturated heterocycles. The number of carbonyl (C=O) groups is 2. The van der Waals surface area contributed by atoms with Crippen LogP contribution in [0.2, 0.25) is 0 Å². The summed E-state index contributed by atoms with van der Waals surface area (Å²) >= 11 is 1.28. The van der Waals surface area contributed by atoms with Gasteiger partial charge in [0.15, 0.2) is 17.9 Å². The minimum absolute atomic E-state index is 0.0336. The Morgan fingerprint density at radius 3 is 2.50 bits per heavy atom. The number of ketones is 1. The van der Waals surface area contributed by atoms with Gasteiger partial charge in [-0.15, -0.1) is 11.3 Å². The lowest BCUT2D eigenvalue weighted by molar-refractivity contribution is 0.0398. The van der Waals surface area contributed by atoms with E-state index in [0.29, 0.717) is 33.4 Å². The summed E-state index contributed by atoms with van der Waals surface area (Å²) in [5.41, 5.74) is 2.13. The minimum atomic E-state index is -1.25. The number of fused-ring (bicyclic) bond motifs is 1. The molecule has 3 heterocycles. The zero-order chi connectivity index (χ0) is 29.1. The molecule has 0 saturated carbocycles. The molecule has 0 spiro atoms. The van der Waals surface area contributed by atoms with Gasteiger partial charge in [0.2, 0.25) is 5.95 Å². The van der Waals surface area contributed by atoms with Crippen molar-refractivity contribution in [2.45, 2.75) is 19.1 Å². The van der Waals surface area contributed by atoms with Gasteiger partial charge in [-0.3, -0.25) is 14.9 Å². The Bertz CT molecular complexity index is 1840. The number of rotatable bonds is 10. The summed E-state index contributed by atoms with van der Waals surface area (Å²) in [6.07, 6.45) is 2.94. The van der Waals surface area contributed by atoms with E-state index in [1.807, 2.05) is 66.7 Å². The first-order valence-corrected chi connectivity index (χ1v) is 14.1. The molecular weight excluding hydrogens is 550 g/mol. The maximum absolute atomic E-state index is 13.3. The second-order valence-electron chi connectivity index (χ2n) is 9.99. The third-order valence-electron chi connectivity index (χ3n) is 6.89. The summed E-state index contributed by atoms with van der Waals surface area (Å²) in [7, 11) is 0. The zero-order valence-corrected chi connectivity index (χ0v) is 23.5. The molecule has 3 N–H and O–H groups in total. The predicted molar refractivity (Wildman–Crippen MR) is 163 cm³/mol. The van der Waals surface area contributed by atoms with Crippen LogP contribution in [0.1, 0.15) is 32.5 Å². The minimum Gasteiger partial charge on any atom is -0.443 e. The highest BCUT2D eigenvalue weighted by atomic mass is 32.1. The fraction of sp³-hybridized carbons (Fsp3) is 0.125. The number of carbonyl (C=O) groups excluding carboxylic acids is 2. The fourth-order valence-corrected chi connectivity index (χ4v) is 5.55. The van der Waals surface area contributed by atoms with Crippen LogP contribution in [-0.4, -0.2) is 37.9 Å². The molecule has 0 radical (unpaired) electrons. The fourth-order valence-electron chi connectivity index (χ4n) is 4.69. The Morgan fingerprint density at radius 2 is 1.76 bits per heavy atom. The molecule has 6 aromatic rings. The first kappa shape index (κ1) is 27.1. The average molecular weight is 578 g/mol. The number of thiophene rings is 1. The molecule has 42 heavy (non-hydrogen) atoms. The van der Waals surface area contributed by atoms with Crippen molar-refractivity contribution in [3.05, 3.63) is 120 Å². The quantitative estimate of drug-likeness (QED) is 0.166. The van der Waals surface area contributed by atoms with Gasteiger partial charge in [-0.2, -0.15) is 0 Å². The molecule has 3 aromatic carbocycles. The molecule has 1 atom stereocenters. The number of amides is 1. The first-order chi connectivity index (χ1) is 20.4. The number of hydrogen-bond donors (Lipinski definition) is 3. The number of nitrogens with one attached hydrogen (secondary N) is 2. The largest absolute Gasteiger partial charge is 0.443 e. The highest BCUT2D eigenvalue weighted by Gasteiger charge is 2.27. The number of hydrogen-bond acceptors (Lipinski definition) is 8. The Balaban J connectivity index is 1.30. The van der Waals surface area contributed by atoms with Crippen LogP contribution >= 0.6 is 11.3 Å². The molecule has 6 rings (SSSR count). The second-order valence-corrected chi connectivity index (χ2v) is 11.1. The van der Waals surface area contributed by atoms with Crippen molar-refractivity contribution in [1.82, 2.24) is 14.5 Å². The van der Waals surface area contributed by atoms with Crippen molar-refractivity contribution in [3.63, 3.8) is 0 Å². The van der Waals surface area contributed by atoms with Crippen LogP contribution in [0.15, 0.2) is 108 Å². The summed E-state index contributed by atoms with van der Waals surface area (Å²) in [6, 6.07) is 27.5. The van der Waals surface area contributed by atoms with E-state index >= 15 is 0 Å². The van der Waals surface area contributed by atoms with E-state index < -0.39 is 5.60 Å². The Morgan fingerprint density at radius 1 is 1.00 bits per heavy atom. The van der Waals surface area contributed by atoms with Gasteiger partial charge in [0.25, 0.3) is 5.91 Å². The lowest BCUT2D eigenvalue weighted by Crippen LogP contribution is -2.29. The number of nitrogens with zero attached hydrogens (tertiary/aromatic N) is 3. The second kappa shape index (κ2) is 11.4. The van der Waals surface area contributed by atoms with Crippen LogP contribution in [-0.2, 0) is 12.1 Å². The molecule has 10 heteroatoms. The van der Waals surface area contributed by atoms with E-state index in [4.69, 9.17) is 9.40 Å². The van der Waals surface area contributed by atoms with Crippen LogP contribution in [0, 0.1) is 0 Å². The highest BCUT2D eigenvalue weighted by Crippen LogP contribution is 2.31. The molecular formula is C32H27N5O4S. The highest BCUT2D eigenvalue weighted by molar-refractivity contribution is 7.17. The third kappa shape index (κ3) is 5.71.